The van der Waals surface area contributed by atoms with E-state index in [1.165, 1.54) is 12.1 Å². The first-order chi connectivity index (χ1) is 17.5. The van der Waals surface area contributed by atoms with Crippen LogP contribution in [-0.2, 0) is 14.3 Å². The lowest BCUT2D eigenvalue weighted by Crippen LogP contribution is -2.54. The Hall–Kier alpha value is -3.21. The van der Waals surface area contributed by atoms with E-state index < -0.39 is 29.3 Å². The number of hydrogen-bond acceptors (Lipinski definition) is 7. The molecule has 0 bridgehead atoms. The highest BCUT2D eigenvalue weighted by molar-refractivity contribution is 6.03. The van der Waals surface area contributed by atoms with Crippen LogP contribution in [-0.4, -0.2) is 90.6 Å². The Labute approximate surface area is 216 Å². The van der Waals surface area contributed by atoms with Gasteiger partial charge in [-0.3, -0.25) is 24.6 Å². The van der Waals surface area contributed by atoms with Crippen LogP contribution in [0.2, 0.25) is 0 Å². The van der Waals surface area contributed by atoms with Gasteiger partial charge in [0.15, 0.2) is 0 Å². The highest BCUT2D eigenvalue weighted by atomic mass is 19.1. The Morgan fingerprint density at radius 3 is 2.30 bits per heavy atom. The summed E-state index contributed by atoms with van der Waals surface area (Å²) < 4.78 is 20.3. The molecular weight excluding hydrogens is 481 g/mol. The smallest absolute Gasteiger partial charge is 0.410 e. The molecule has 0 saturated carbocycles. The van der Waals surface area contributed by atoms with Gasteiger partial charge in [-0.1, -0.05) is 0 Å². The van der Waals surface area contributed by atoms with Crippen LogP contribution in [0.3, 0.4) is 0 Å². The molecule has 3 fully saturated rings. The first kappa shape index (κ1) is 26.8. The SMILES string of the molecule is CC(C)(C)OC(=O)N1CCC(N2CCN(c3ccc(C(=O)NC4CCC(=O)NC4=O)c(F)c3)CC2)CC1. The van der Waals surface area contributed by atoms with Gasteiger partial charge in [-0.05, 0) is 58.2 Å². The molecule has 1 unspecified atom stereocenters. The van der Waals surface area contributed by atoms with E-state index in [0.29, 0.717) is 24.8 Å². The molecule has 3 aliphatic rings. The van der Waals surface area contributed by atoms with Gasteiger partial charge in [-0.25, -0.2) is 9.18 Å². The summed E-state index contributed by atoms with van der Waals surface area (Å²) in [7, 11) is 0. The monoisotopic (exact) mass is 517 g/mol. The molecule has 37 heavy (non-hydrogen) atoms. The molecule has 0 radical (unpaired) electrons. The fraction of sp³-hybridized carbons (Fsp3) is 0.615. The molecule has 1 aromatic rings. The largest absolute Gasteiger partial charge is 0.444 e. The predicted molar refractivity (Wildman–Crippen MR) is 135 cm³/mol. The van der Waals surface area contributed by atoms with Crippen molar-refractivity contribution in [2.45, 2.75) is 64.1 Å². The standard InChI is InChI=1S/C26H36FN5O5/c1-26(2,3)37-25(36)32-10-8-17(9-11-32)30-12-14-31(15-13-30)18-4-5-19(20(27)16-18)23(34)28-21-6-7-22(33)29-24(21)35/h4-5,16-17,21H,6-15H2,1-3H3,(H,28,34)(H,29,33,35). The Kier molecular flexibility index (Phi) is 8.01. The van der Waals surface area contributed by atoms with Crippen LogP contribution in [0.25, 0.3) is 0 Å². The highest BCUT2D eigenvalue weighted by Gasteiger charge is 2.32. The van der Waals surface area contributed by atoms with Crippen molar-refractivity contribution in [1.82, 2.24) is 20.4 Å². The molecule has 3 heterocycles. The lowest BCUT2D eigenvalue weighted by molar-refractivity contribution is -0.134. The van der Waals surface area contributed by atoms with E-state index in [2.05, 4.69) is 20.4 Å². The number of nitrogens with zero attached hydrogens (tertiary/aromatic N) is 3. The number of amides is 4. The van der Waals surface area contributed by atoms with Crippen LogP contribution < -0.4 is 15.5 Å². The third kappa shape index (κ3) is 6.76. The Morgan fingerprint density at radius 1 is 1.03 bits per heavy atom. The lowest BCUT2D eigenvalue weighted by atomic mass is 10.0. The van der Waals surface area contributed by atoms with Gasteiger partial charge >= 0.3 is 6.09 Å². The summed E-state index contributed by atoms with van der Waals surface area (Å²) in [5, 5.41) is 4.69. The number of piperazine rings is 1. The van der Waals surface area contributed by atoms with Crippen LogP contribution in [0.15, 0.2) is 18.2 Å². The molecule has 3 saturated heterocycles. The number of anilines is 1. The second kappa shape index (κ2) is 11.0. The summed E-state index contributed by atoms with van der Waals surface area (Å²) >= 11 is 0. The number of imide groups is 1. The van der Waals surface area contributed by atoms with Crippen LogP contribution in [0.4, 0.5) is 14.9 Å². The van der Waals surface area contributed by atoms with E-state index in [9.17, 15) is 23.6 Å². The van der Waals surface area contributed by atoms with E-state index in [-0.39, 0.29) is 30.4 Å². The Morgan fingerprint density at radius 2 is 1.70 bits per heavy atom. The van der Waals surface area contributed by atoms with Crippen molar-refractivity contribution in [2.75, 3.05) is 44.2 Å². The number of ether oxygens (including phenoxy) is 1. The minimum Gasteiger partial charge on any atom is -0.444 e. The molecule has 4 amide bonds. The summed E-state index contributed by atoms with van der Waals surface area (Å²) in [6.07, 6.45) is 1.86. The fourth-order valence-electron chi connectivity index (χ4n) is 5.04. The molecule has 0 aliphatic carbocycles. The van der Waals surface area contributed by atoms with Crippen molar-refractivity contribution >= 4 is 29.5 Å². The van der Waals surface area contributed by atoms with E-state index in [1.807, 2.05) is 20.8 Å². The van der Waals surface area contributed by atoms with Gasteiger partial charge in [0.1, 0.15) is 17.5 Å². The van der Waals surface area contributed by atoms with Gasteiger partial charge in [-0.15, -0.1) is 0 Å². The molecule has 1 atom stereocenters. The number of halogens is 1. The maximum Gasteiger partial charge on any atom is 0.410 e. The molecule has 0 spiro atoms. The molecular formula is C26H36FN5O5. The van der Waals surface area contributed by atoms with Crippen molar-refractivity contribution < 1.29 is 28.3 Å². The van der Waals surface area contributed by atoms with Crippen molar-refractivity contribution in [2.24, 2.45) is 0 Å². The Bertz CT molecular complexity index is 1040. The van der Waals surface area contributed by atoms with E-state index in [4.69, 9.17) is 4.74 Å². The van der Waals surface area contributed by atoms with E-state index in [0.717, 1.165) is 39.0 Å². The molecule has 10 nitrogen and oxygen atoms in total. The van der Waals surface area contributed by atoms with Crippen LogP contribution in [0.5, 0.6) is 0 Å². The summed E-state index contributed by atoms with van der Waals surface area (Å²) in [5.41, 5.74) is 0.0672. The van der Waals surface area contributed by atoms with Gasteiger partial charge in [0.2, 0.25) is 11.8 Å². The third-order valence-electron chi connectivity index (χ3n) is 7.05. The van der Waals surface area contributed by atoms with E-state index >= 15 is 0 Å². The molecule has 2 N–H and O–H groups in total. The number of hydrogen-bond donors (Lipinski definition) is 2. The molecule has 3 aliphatic heterocycles. The number of nitrogens with one attached hydrogen (secondary N) is 2. The number of benzene rings is 1. The average Bonchev–Trinajstić information content (AvgIpc) is 2.85. The lowest BCUT2D eigenvalue weighted by Gasteiger charge is -2.43. The van der Waals surface area contributed by atoms with E-state index in [1.54, 1.807) is 11.0 Å². The number of carbonyl (C=O) groups is 4. The summed E-state index contributed by atoms with van der Waals surface area (Å²) in [4.78, 5) is 54.3. The first-order valence-electron chi connectivity index (χ1n) is 12.9. The number of piperidine rings is 2. The van der Waals surface area contributed by atoms with Crippen LogP contribution in [0, 0.1) is 5.82 Å². The van der Waals surface area contributed by atoms with Crippen molar-refractivity contribution in [3.05, 3.63) is 29.6 Å². The zero-order valence-corrected chi connectivity index (χ0v) is 21.7. The Balaban J connectivity index is 1.26. The van der Waals surface area contributed by atoms with Crippen molar-refractivity contribution in [1.29, 1.82) is 0 Å². The van der Waals surface area contributed by atoms with Crippen LogP contribution in [0.1, 0.15) is 56.8 Å². The average molecular weight is 518 g/mol. The first-order valence-corrected chi connectivity index (χ1v) is 12.9. The minimum atomic E-state index is -0.853. The zero-order valence-electron chi connectivity index (χ0n) is 21.7. The summed E-state index contributed by atoms with van der Waals surface area (Å²) in [6, 6.07) is 4.06. The molecule has 11 heteroatoms. The van der Waals surface area contributed by atoms with Gasteiger partial charge in [0.25, 0.3) is 5.91 Å². The normalized spacial score (nSPS) is 22.0. The quantitative estimate of drug-likeness (QED) is 0.587. The highest BCUT2D eigenvalue weighted by Crippen LogP contribution is 2.24. The molecule has 1 aromatic carbocycles. The molecule has 0 aromatic heterocycles. The summed E-state index contributed by atoms with van der Waals surface area (Å²) in [6.45, 7) is 10.1. The van der Waals surface area contributed by atoms with Crippen LogP contribution >= 0.6 is 0 Å². The maximum absolute atomic E-state index is 14.8. The van der Waals surface area contributed by atoms with Crippen molar-refractivity contribution in [3.8, 4) is 0 Å². The van der Waals surface area contributed by atoms with Gasteiger partial charge in [-0.2, -0.15) is 0 Å². The summed E-state index contributed by atoms with van der Waals surface area (Å²) in [5.74, 6) is -2.28. The topological polar surface area (TPSA) is 111 Å². The third-order valence-corrected chi connectivity index (χ3v) is 7.05. The fourth-order valence-corrected chi connectivity index (χ4v) is 5.04. The second-order valence-corrected chi connectivity index (χ2v) is 10.9. The predicted octanol–water partition coefficient (Wildman–Crippen LogP) is 1.88. The van der Waals surface area contributed by atoms with Gasteiger partial charge < -0.3 is 19.9 Å². The van der Waals surface area contributed by atoms with Gasteiger partial charge in [0, 0.05) is 57.4 Å². The number of rotatable bonds is 4. The molecule has 4 rings (SSSR count). The second-order valence-electron chi connectivity index (χ2n) is 10.9. The maximum atomic E-state index is 14.8. The van der Waals surface area contributed by atoms with Gasteiger partial charge in [0.05, 0.1) is 5.56 Å². The zero-order chi connectivity index (χ0) is 26.7. The van der Waals surface area contributed by atoms with Crippen molar-refractivity contribution in [3.63, 3.8) is 0 Å². The minimum absolute atomic E-state index is 0.132. The number of likely N-dealkylation sites (tertiary alicyclic amines) is 1. The number of carbonyl (C=O) groups excluding carboxylic acids is 4. The molecule has 202 valence electrons.